The van der Waals surface area contributed by atoms with E-state index in [9.17, 15) is 0 Å². The van der Waals surface area contributed by atoms with Gasteiger partial charge in [0.05, 0.1) is 13.7 Å². The van der Waals surface area contributed by atoms with Gasteiger partial charge in [-0.05, 0) is 36.6 Å². The van der Waals surface area contributed by atoms with Gasteiger partial charge in [0.25, 0.3) is 0 Å². The van der Waals surface area contributed by atoms with Gasteiger partial charge in [-0.2, -0.15) is 0 Å². The maximum absolute atomic E-state index is 5.64. The molecule has 0 aliphatic rings. The van der Waals surface area contributed by atoms with Crippen LogP contribution in [0, 0.1) is 5.92 Å². The highest BCUT2D eigenvalue weighted by Crippen LogP contribution is 2.16. The number of rotatable bonds is 8. The van der Waals surface area contributed by atoms with Crippen LogP contribution in [0.2, 0.25) is 0 Å². The summed E-state index contributed by atoms with van der Waals surface area (Å²) in [6.45, 7) is 6.63. The maximum atomic E-state index is 5.64. The molecule has 2 N–H and O–H groups in total. The molecule has 0 saturated heterocycles. The first-order valence-electron chi connectivity index (χ1n) is 7.37. The lowest BCUT2D eigenvalue weighted by atomic mass is 10.1. The first-order chi connectivity index (χ1) is 10.2. The van der Waals surface area contributed by atoms with Crippen LogP contribution in [0.15, 0.2) is 29.3 Å². The van der Waals surface area contributed by atoms with E-state index in [0.717, 1.165) is 30.4 Å². The van der Waals surface area contributed by atoms with Crippen molar-refractivity contribution in [3.8, 4) is 11.5 Å². The van der Waals surface area contributed by atoms with E-state index >= 15 is 0 Å². The molecule has 0 radical (unpaired) electrons. The molecule has 5 heteroatoms. The Labute approximate surface area is 127 Å². The summed E-state index contributed by atoms with van der Waals surface area (Å²) in [6.07, 6.45) is 1.13. The van der Waals surface area contributed by atoms with Gasteiger partial charge >= 0.3 is 0 Å². The second-order valence-corrected chi connectivity index (χ2v) is 5.13. The van der Waals surface area contributed by atoms with Gasteiger partial charge in [-0.25, -0.2) is 0 Å². The van der Waals surface area contributed by atoms with Gasteiger partial charge < -0.3 is 20.1 Å². The van der Waals surface area contributed by atoms with Crippen molar-refractivity contribution < 1.29 is 9.47 Å². The number of nitrogens with one attached hydrogen (secondary N) is 2. The second kappa shape index (κ2) is 9.91. The lowest BCUT2D eigenvalue weighted by Gasteiger charge is -2.13. The molecule has 0 fully saturated rings. The van der Waals surface area contributed by atoms with Gasteiger partial charge in [-0.15, -0.1) is 0 Å². The maximum Gasteiger partial charge on any atom is 0.191 e. The lowest BCUT2D eigenvalue weighted by Crippen LogP contribution is -2.39. The molecule has 0 saturated carbocycles. The fourth-order valence-corrected chi connectivity index (χ4v) is 1.71. The van der Waals surface area contributed by atoms with E-state index in [0.29, 0.717) is 19.1 Å². The zero-order valence-corrected chi connectivity index (χ0v) is 13.5. The molecule has 1 rings (SSSR count). The average Bonchev–Trinajstić information content (AvgIpc) is 2.50. The summed E-state index contributed by atoms with van der Waals surface area (Å²) in [6, 6.07) is 7.56. The van der Waals surface area contributed by atoms with Crippen molar-refractivity contribution in [2.24, 2.45) is 10.9 Å². The lowest BCUT2D eigenvalue weighted by molar-refractivity contribution is 0.321. The number of nitrogens with zero attached hydrogens (tertiary/aromatic N) is 1. The van der Waals surface area contributed by atoms with E-state index in [1.54, 1.807) is 14.2 Å². The molecule has 0 unspecified atom stereocenters. The Morgan fingerprint density at radius 1 is 1.10 bits per heavy atom. The minimum absolute atomic E-state index is 0.581. The second-order valence-electron chi connectivity index (χ2n) is 5.13. The number of aliphatic imine (C=N–C) groups is 1. The third-order valence-corrected chi connectivity index (χ3v) is 2.96. The van der Waals surface area contributed by atoms with E-state index in [1.807, 2.05) is 24.3 Å². The van der Waals surface area contributed by atoms with Crippen molar-refractivity contribution in [1.29, 1.82) is 0 Å². The summed E-state index contributed by atoms with van der Waals surface area (Å²) in [5.41, 5.74) is 0. The van der Waals surface area contributed by atoms with Gasteiger partial charge in [0.1, 0.15) is 18.1 Å². The highest BCUT2D eigenvalue weighted by atomic mass is 16.5. The van der Waals surface area contributed by atoms with Gasteiger partial charge in [-0.3, -0.25) is 4.99 Å². The van der Waals surface area contributed by atoms with Crippen molar-refractivity contribution >= 4 is 5.96 Å². The van der Waals surface area contributed by atoms with E-state index in [1.165, 1.54) is 0 Å². The van der Waals surface area contributed by atoms with Gasteiger partial charge in [0.15, 0.2) is 5.96 Å². The highest BCUT2D eigenvalue weighted by molar-refractivity contribution is 5.79. The summed E-state index contributed by atoms with van der Waals surface area (Å²) >= 11 is 0. The van der Waals surface area contributed by atoms with Crippen LogP contribution < -0.4 is 20.1 Å². The van der Waals surface area contributed by atoms with E-state index in [4.69, 9.17) is 9.47 Å². The zero-order valence-electron chi connectivity index (χ0n) is 13.5. The Morgan fingerprint density at radius 3 is 2.29 bits per heavy atom. The molecule has 21 heavy (non-hydrogen) atoms. The summed E-state index contributed by atoms with van der Waals surface area (Å²) in [5, 5.41) is 6.51. The topological polar surface area (TPSA) is 54.9 Å². The summed E-state index contributed by atoms with van der Waals surface area (Å²) in [5.74, 6) is 3.17. The zero-order chi connectivity index (χ0) is 15.5. The third kappa shape index (κ3) is 7.44. The van der Waals surface area contributed by atoms with E-state index in [-0.39, 0.29) is 0 Å². The predicted octanol–water partition coefficient (Wildman–Crippen LogP) is 2.29. The first-order valence-corrected chi connectivity index (χ1v) is 7.37. The minimum Gasteiger partial charge on any atom is -0.497 e. The molecule has 0 spiro atoms. The van der Waals surface area contributed by atoms with Gasteiger partial charge in [-0.1, -0.05) is 13.8 Å². The largest absolute Gasteiger partial charge is 0.497 e. The van der Waals surface area contributed by atoms with Gasteiger partial charge in [0, 0.05) is 13.6 Å². The molecule has 0 atom stereocenters. The van der Waals surface area contributed by atoms with Crippen molar-refractivity contribution in [2.75, 3.05) is 33.9 Å². The Kier molecular flexibility index (Phi) is 8.09. The third-order valence-electron chi connectivity index (χ3n) is 2.96. The fraction of sp³-hybridized carbons (Fsp3) is 0.562. The summed E-state index contributed by atoms with van der Waals surface area (Å²) in [4.78, 5) is 4.17. The quantitative estimate of drug-likeness (QED) is 0.439. The molecule has 5 nitrogen and oxygen atoms in total. The standard InChI is InChI=1S/C16H27N3O2/c1-13(2)9-10-18-16(17-3)19-11-12-21-15-7-5-14(20-4)6-8-15/h5-8,13H,9-12H2,1-4H3,(H2,17,18,19). The number of hydrogen-bond donors (Lipinski definition) is 2. The van der Waals surface area contributed by atoms with Crippen molar-refractivity contribution in [3.05, 3.63) is 24.3 Å². The highest BCUT2D eigenvalue weighted by Gasteiger charge is 1.99. The van der Waals surface area contributed by atoms with Crippen molar-refractivity contribution in [2.45, 2.75) is 20.3 Å². The molecule has 0 aliphatic carbocycles. The van der Waals surface area contributed by atoms with Crippen LogP contribution in [0.25, 0.3) is 0 Å². The van der Waals surface area contributed by atoms with Crippen LogP contribution in [0.1, 0.15) is 20.3 Å². The number of methoxy groups -OCH3 is 1. The number of guanidine groups is 1. The molecular weight excluding hydrogens is 266 g/mol. The number of hydrogen-bond acceptors (Lipinski definition) is 3. The molecule has 0 amide bonds. The molecule has 0 bridgehead atoms. The normalized spacial score (nSPS) is 11.4. The summed E-state index contributed by atoms with van der Waals surface area (Å²) < 4.78 is 10.7. The van der Waals surface area contributed by atoms with Crippen LogP contribution in [-0.4, -0.2) is 39.8 Å². The number of ether oxygens (including phenoxy) is 2. The molecule has 0 heterocycles. The van der Waals surface area contributed by atoms with Crippen LogP contribution in [-0.2, 0) is 0 Å². The average molecular weight is 293 g/mol. The van der Waals surface area contributed by atoms with Crippen molar-refractivity contribution in [1.82, 2.24) is 10.6 Å². The Morgan fingerprint density at radius 2 is 1.71 bits per heavy atom. The molecule has 1 aromatic rings. The number of benzene rings is 1. The monoisotopic (exact) mass is 293 g/mol. The summed E-state index contributed by atoms with van der Waals surface area (Å²) in [7, 11) is 3.42. The van der Waals surface area contributed by atoms with Crippen LogP contribution in [0.5, 0.6) is 11.5 Å². The molecule has 0 aromatic heterocycles. The smallest absolute Gasteiger partial charge is 0.191 e. The molecule has 118 valence electrons. The molecule has 0 aliphatic heterocycles. The minimum atomic E-state index is 0.581. The van der Waals surface area contributed by atoms with E-state index in [2.05, 4.69) is 29.5 Å². The Hall–Kier alpha value is -1.91. The predicted molar refractivity (Wildman–Crippen MR) is 87.3 cm³/mol. The van der Waals surface area contributed by atoms with Gasteiger partial charge in [0.2, 0.25) is 0 Å². The van der Waals surface area contributed by atoms with E-state index < -0.39 is 0 Å². The van der Waals surface area contributed by atoms with Crippen LogP contribution >= 0.6 is 0 Å². The van der Waals surface area contributed by atoms with Crippen molar-refractivity contribution in [3.63, 3.8) is 0 Å². The Bertz CT molecular complexity index is 416. The fourth-order valence-electron chi connectivity index (χ4n) is 1.71. The first kappa shape index (κ1) is 17.1. The molecular formula is C16H27N3O2. The SMILES string of the molecule is CN=C(NCCOc1ccc(OC)cc1)NCCC(C)C. The molecule has 1 aromatic carbocycles. The Balaban J connectivity index is 2.19. The van der Waals surface area contributed by atoms with Crippen LogP contribution in [0.4, 0.5) is 0 Å². The van der Waals surface area contributed by atoms with Crippen LogP contribution in [0.3, 0.4) is 0 Å².